The summed E-state index contributed by atoms with van der Waals surface area (Å²) >= 11 is 6.13. The zero-order valence-electron chi connectivity index (χ0n) is 11.8. The monoisotopic (exact) mass is 298 g/mol. The van der Waals surface area contributed by atoms with Crippen molar-refractivity contribution in [1.82, 2.24) is 0 Å². The summed E-state index contributed by atoms with van der Waals surface area (Å²) in [6, 6.07) is 13.8. The third-order valence-electron chi connectivity index (χ3n) is 3.88. The molecule has 1 heterocycles. The minimum atomic E-state index is 0.506. The number of anilines is 1. The van der Waals surface area contributed by atoms with Crippen molar-refractivity contribution in [3.05, 3.63) is 58.1 Å². The van der Waals surface area contributed by atoms with Gasteiger partial charge in [0.15, 0.2) is 0 Å². The zero-order chi connectivity index (χ0) is 14.8. The van der Waals surface area contributed by atoms with Crippen molar-refractivity contribution in [3.63, 3.8) is 0 Å². The summed E-state index contributed by atoms with van der Waals surface area (Å²) in [4.78, 5) is 2.27. The molecule has 21 heavy (non-hydrogen) atoms. The maximum atomic E-state index is 8.95. The quantitative estimate of drug-likeness (QED) is 0.846. The average Bonchev–Trinajstić information content (AvgIpc) is 2.53. The highest BCUT2D eigenvalue weighted by Crippen LogP contribution is 2.31. The summed E-state index contributed by atoms with van der Waals surface area (Å²) in [5.74, 6) is 0.963. The molecule has 0 unspecified atom stereocenters. The Kier molecular flexibility index (Phi) is 3.72. The minimum absolute atomic E-state index is 0.506. The molecule has 0 N–H and O–H groups in total. The second kappa shape index (κ2) is 5.67. The van der Waals surface area contributed by atoms with Crippen LogP contribution >= 0.6 is 11.6 Å². The maximum absolute atomic E-state index is 8.95. The number of ether oxygens (including phenoxy) is 1. The molecule has 106 valence electrons. The van der Waals surface area contributed by atoms with Crippen LogP contribution in [0.25, 0.3) is 0 Å². The lowest BCUT2D eigenvalue weighted by Crippen LogP contribution is -2.30. The number of nitriles is 1. The van der Waals surface area contributed by atoms with Crippen molar-refractivity contribution in [2.24, 2.45) is 0 Å². The van der Waals surface area contributed by atoms with Gasteiger partial charge >= 0.3 is 0 Å². The maximum Gasteiger partial charge on any atom is 0.122 e. The first-order chi connectivity index (χ1) is 10.2. The summed E-state index contributed by atoms with van der Waals surface area (Å²) in [7, 11) is 1.71. The second-order valence-electron chi connectivity index (χ2n) is 5.05. The van der Waals surface area contributed by atoms with Crippen molar-refractivity contribution >= 4 is 17.3 Å². The van der Waals surface area contributed by atoms with Crippen LogP contribution in [0.2, 0.25) is 5.02 Å². The van der Waals surface area contributed by atoms with E-state index in [2.05, 4.69) is 17.0 Å². The fraction of sp³-hybridized carbons (Fsp3) is 0.235. The topological polar surface area (TPSA) is 36.3 Å². The van der Waals surface area contributed by atoms with Crippen molar-refractivity contribution in [2.45, 2.75) is 13.0 Å². The zero-order valence-corrected chi connectivity index (χ0v) is 12.5. The van der Waals surface area contributed by atoms with Gasteiger partial charge in [-0.3, -0.25) is 0 Å². The molecule has 0 radical (unpaired) electrons. The van der Waals surface area contributed by atoms with Gasteiger partial charge in [-0.05, 0) is 36.2 Å². The number of hydrogen-bond acceptors (Lipinski definition) is 3. The van der Waals surface area contributed by atoms with Gasteiger partial charge in [-0.25, -0.2) is 0 Å². The molecule has 0 aliphatic carbocycles. The molecule has 1 aliphatic heterocycles. The van der Waals surface area contributed by atoms with Crippen molar-refractivity contribution < 1.29 is 4.74 Å². The SMILES string of the molecule is COc1cccc2c1CCN(c1ccc(C#N)c(Cl)c1)C2. The van der Waals surface area contributed by atoms with Crippen LogP contribution < -0.4 is 9.64 Å². The molecule has 4 heteroatoms. The Balaban J connectivity index is 1.90. The lowest BCUT2D eigenvalue weighted by Gasteiger charge is -2.31. The highest BCUT2D eigenvalue weighted by Gasteiger charge is 2.19. The highest BCUT2D eigenvalue weighted by molar-refractivity contribution is 6.32. The van der Waals surface area contributed by atoms with Gasteiger partial charge in [0.2, 0.25) is 0 Å². The normalized spacial score (nSPS) is 13.5. The molecule has 1 aliphatic rings. The Morgan fingerprint density at radius 1 is 1.29 bits per heavy atom. The number of halogens is 1. The first-order valence-electron chi connectivity index (χ1n) is 6.82. The van der Waals surface area contributed by atoms with Crippen LogP contribution in [-0.2, 0) is 13.0 Å². The third kappa shape index (κ3) is 2.55. The van der Waals surface area contributed by atoms with E-state index in [1.807, 2.05) is 24.3 Å². The molecule has 0 aromatic heterocycles. The summed E-state index contributed by atoms with van der Waals surface area (Å²) in [5, 5.41) is 9.45. The van der Waals surface area contributed by atoms with E-state index >= 15 is 0 Å². The standard InChI is InChI=1S/C17H15ClN2O/c1-21-17-4-2-3-13-11-20(8-7-15(13)17)14-6-5-12(10-19)16(18)9-14/h2-6,9H,7-8,11H2,1H3. The fourth-order valence-corrected chi connectivity index (χ4v) is 2.99. The molecule has 0 spiro atoms. The average molecular weight is 299 g/mol. The first-order valence-corrected chi connectivity index (χ1v) is 7.20. The van der Waals surface area contributed by atoms with Crippen molar-refractivity contribution in [2.75, 3.05) is 18.6 Å². The summed E-state index contributed by atoms with van der Waals surface area (Å²) in [5.41, 5.74) is 4.13. The summed E-state index contributed by atoms with van der Waals surface area (Å²) < 4.78 is 5.43. The number of hydrogen-bond donors (Lipinski definition) is 0. The summed E-state index contributed by atoms with van der Waals surface area (Å²) in [6.07, 6.45) is 0.941. The van der Waals surface area contributed by atoms with E-state index in [0.717, 1.165) is 30.9 Å². The van der Waals surface area contributed by atoms with Crippen LogP contribution in [0.5, 0.6) is 5.75 Å². The van der Waals surface area contributed by atoms with Gasteiger partial charge in [0.25, 0.3) is 0 Å². The number of fused-ring (bicyclic) bond motifs is 1. The van der Waals surface area contributed by atoms with Crippen LogP contribution in [0.15, 0.2) is 36.4 Å². The van der Waals surface area contributed by atoms with Crippen LogP contribution in [-0.4, -0.2) is 13.7 Å². The number of nitrogens with zero attached hydrogens (tertiary/aromatic N) is 2. The predicted octanol–water partition coefficient (Wildman–Crippen LogP) is 3.78. The Bertz CT molecular complexity index is 721. The fourth-order valence-electron chi connectivity index (χ4n) is 2.78. The summed E-state index contributed by atoms with van der Waals surface area (Å²) in [6.45, 7) is 1.74. The molecule has 3 nitrogen and oxygen atoms in total. The van der Waals surface area contributed by atoms with Crippen molar-refractivity contribution in [3.8, 4) is 11.8 Å². The molecule has 0 saturated heterocycles. The van der Waals surface area contributed by atoms with Gasteiger partial charge in [-0.2, -0.15) is 5.26 Å². The van der Waals surface area contributed by atoms with Gasteiger partial charge in [-0.15, -0.1) is 0 Å². The van der Waals surface area contributed by atoms with E-state index < -0.39 is 0 Å². The Morgan fingerprint density at radius 2 is 2.14 bits per heavy atom. The number of rotatable bonds is 2. The molecule has 0 fully saturated rings. The lowest BCUT2D eigenvalue weighted by atomic mass is 9.98. The molecular formula is C17H15ClN2O. The molecular weight excluding hydrogens is 284 g/mol. The van der Waals surface area contributed by atoms with Crippen LogP contribution in [0.1, 0.15) is 16.7 Å². The lowest BCUT2D eigenvalue weighted by molar-refractivity contribution is 0.407. The van der Waals surface area contributed by atoms with E-state index in [0.29, 0.717) is 10.6 Å². The van der Waals surface area contributed by atoms with Gasteiger partial charge in [0.1, 0.15) is 11.8 Å². The molecule has 2 aromatic rings. The second-order valence-corrected chi connectivity index (χ2v) is 5.45. The molecule has 0 saturated carbocycles. The van der Waals surface area contributed by atoms with Gasteiger partial charge in [-0.1, -0.05) is 23.7 Å². The van der Waals surface area contributed by atoms with Crippen LogP contribution in [0.3, 0.4) is 0 Å². The molecule has 0 amide bonds. The molecule has 0 bridgehead atoms. The van der Waals surface area contributed by atoms with E-state index in [4.69, 9.17) is 21.6 Å². The molecule has 0 atom stereocenters. The van der Waals surface area contributed by atoms with E-state index in [-0.39, 0.29) is 0 Å². The Hall–Kier alpha value is -2.18. The molecule has 3 rings (SSSR count). The number of benzene rings is 2. The first kappa shape index (κ1) is 13.8. The van der Waals surface area contributed by atoms with E-state index in [1.54, 1.807) is 13.2 Å². The van der Waals surface area contributed by atoms with Gasteiger partial charge < -0.3 is 9.64 Å². The largest absolute Gasteiger partial charge is 0.496 e. The van der Waals surface area contributed by atoms with Crippen molar-refractivity contribution in [1.29, 1.82) is 5.26 Å². The number of methoxy groups -OCH3 is 1. The highest BCUT2D eigenvalue weighted by atomic mass is 35.5. The van der Waals surface area contributed by atoms with Crippen LogP contribution in [0, 0.1) is 11.3 Å². The third-order valence-corrected chi connectivity index (χ3v) is 4.19. The van der Waals surface area contributed by atoms with E-state index in [9.17, 15) is 0 Å². The van der Waals surface area contributed by atoms with Gasteiger partial charge in [0.05, 0.1) is 17.7 Å². The van der Waals surface area contributed by atoms with E-state index in [1.165, 1.54) is 11.1 Å². The van der Waals surface area contributed by atoms with Crippen LogP contribution in [0.4, 0.5) is 5.69 Å². The smallest absolute Gasteiger partial charge is 0.122 e. The minimum Gasteiger partial charge on any atom is -0.496 e. The Labute approximate surface area is 129 Å². The van der Waals surface area contributed by atoms with Gasteiger partial charge in [0, 0.05) is 24.3 Å². The molecule has 2 aromatic carbocycles. The Morgan fingerprint density at radius 3 is 2.86 bits per heavy atom. The predicted molar refractivity (Wildman–Crippen MR) is 83.9 cm³/mol.